The smallest absolute Gasteiger partial charge is 0.234 e. The van der Waals surface area contributed by atoms with Crippen molar-refractivity contribution in [3.63, 3.8) is 0 Å². The highest BCUT2D eigenvalue weighted by atomic mass is 16.5. The molecule has 6 heteroatoms. The summed E-state index contributed by atoms with van der Waals surface area (Å²) in [5, 5.41) is 14.7. The third-order valence-corrected chi connectivity index (χ3v) is 3.64. The molecule has 1 amide bonds. The van der Waals surface area contributed by atoms with Gasteiger partial charge in [-0.1, -0.05) is 12.1 Å². The number of nitrogens with one attached hydrogen (secondary N) is 1. The highest BCUT2D eigenvalue weighted by Gasteiger charge is 2.52. The second-order valence-electron chi connectivity index (χ2n) is 5.96. The topological polar surface area (TPSA) is 96.9 Å². The highest BCUT2D eigenvalue weighted by Crippen LogP contribution is 2.45. The van der Waals surface area contributed by atoms with Gasteiger partial charge in [-0.15, -0.1) is 0 Å². The molecular formula is C13H25N3O3. The lowest BCUT2D eigenvalue weighted by Gasteiger charge is -2.44. The maximum Gasteiger partial charge on any atom is 0.234 e. The minimum atomic E-state index is -0.851. The molecule has 1 aliphatic carbocycles. The van der Waals surface area contributed by atoms with E-state index in [4.69, 9.17) is 15.7 Å². The molecule has 0 saturated heterocycles. The Morgan fingerprint density at radius 2 is 2.16 bits per heavy atom. The normalized spacial score (nSPS) is 27.8. The molecule has 0 unspecified atom stereocenters. The minimum absolute atomic E-state index is 0.00249. The average Bonchev–Trinajstić information content (AvgIpc) is 2.30. The number of hydrogen-bond acceptors (Lipinski definition) is 4. The summed E-state index contributed by atoms with van der Waals surface area (Å²) in [5.41, 5.74) is 4.41. The first-order chi connectivity index (χ1) is 8.77. The Balaban J connectivity index is 2.66. The molecule has 1 saturated carbocycles. The van der Waals surface area contributed by atoms with Crippen molar-refractivity contribution in [1.82, 2.24) is 5.32 Å². The Morgan fingerprint density at radius 1 is 1.58 bits per heavy atom. The van der Waals surface area contributed by atoms with E-state index in [0.29, 0.717) is 31.9 Å². The number of carbonyl (C=O) groups excluding carboxylic acids is 1. The van der Waals surface area contributed by atoms with Crippen molar-refractivity contribution in [2.45, 2.75) is 46.1 Å². The second-order valence-corrected chi connectivity index (χ2v) is 5.96. The Bertz CT molecular complexity index is 360. The Labute approximate surface area is 114 Å². The van der Waals surface area contributed by atoms with Crippen molar-refractivity contribution in [2.75, 3.05) is 13.2 Å². The quantitative estimate of drug-likeness (QED) is 0.291. The third-order valence-electron chi connectivity index (χ3n) is 3.64. The summed E-state index contributed by atoms with van der Waals surface area (Å²) in [6.45, 7) is 8.77. The number of nitrogens with zero attached hydrogens (tertiary/aromatic N) is 1. The molecule has 0 radical (unpaired) electrons. The van der Waals surface area contributed by atoms with Gasteiger partial charge in [0.05, 0.1) is 5.60 Å². The Kier molecular flexibility index (Phi) is 4.79. The molecule has 0 aliphatic heterocycles. The Morgan fingerprint density at radius 3 is 2.58 bits per heavy atom. The fourth-order valence-corrected chi connectivity index (χ4v) is 2.64. The van der Waals surface area contributed by atoms with Crippen LogP contribution in [-0.2, 0) is 9.53 Å². The van der Waals surface area contributed by atoms with E-state index in [9.17, 15) is 4.79 Å². The molecule has 110 valence electrons. The molecule has 4 N–H and O–H groups in total. The van der Waals surface area contributed by atoms with Crippen LogP contribution in [0.1, 0.15) is 40.5 Å². The van der Waals surface area contributed by atoms with Gasteiger partial charge >= 0.3 is 0 Å². The van der Waals surface area contributed by atoms with Crippen LogP contribution in [0.2, 0.25) is 0 Å². The summed E-state index contributed by atoms with van der Waals surface area (Å²) in [5.74, 6) is 0.219. The largest absolute Gasteiger partial charge is 0.409 e. The van der Waals surface area contributed by atoms with Gasteiger partial charge < -0.3 is 21.0 Å². The molecule has 0 bridgehead atoms. The van der Waals surface area contributed by atoms with Crippen LogP contribution in [0.4, 0.5) is 0 Å². The van der Waals surface area contributed by atoms with E-state index in [1.807, 2.05) is 27.7 Å². The lowest BCUT2D eigenvalue weighted by Crippen LogP contribution is -2.58. The number of hydrogen-bond donors (Lipinski definition) is 3. The van der Waals surface area contributed by atoms with Gasteiger partial charge in [0.15, 0.2) is 5.84 Å². The summed E-state index contributed by atoms with van der Waals surface area (Å²) >= 11 is 0. The van der Waals surface area contributed by atoms with E-state index in [2.05, 4.69) is 10.5 Å². The van der Waals surface area contributed by atoms with E-state index in [-0.39, 0.29) is 11.7 Å². The SMILES string of the molecule is CCOC(C)(C)CNC(=O)C1(C(N)=NO)CC(C)C1. The van der Waals surface area contributed by atoms with E-state index in [1.165, 1.54) is 0 Å². The van der Waals surface area contributed by atoms with Gasteiger partial charge in [0.25, 0.3) is 0 Å². The van der Waals surface area contributed by atoms with Crippen LogP contribution in [0.5, 0.6) is 0 Å². The first-order valence-corrected chi connectivity index (χ1v) is 6.67. The summed E-state index contributed by atoms with van der Waals surface area (Å²) < 4.78 is 5.53. The van der Waals surface area contributed by atoms with Crippen LogP contribution in [0.3, 0.4) is 0 Å². The molecule has 1 aliphatic rings. The van der Waals surface area contributed by atoms with Crippen molar-refractivity contribution in [3.8, 4) is 0 Å². The summed E-state index contributed by atoms with van der Waals surface area (Å²) in [7, 11) is 0. The standard InChI is InChI=1S/C13H25N3O3/c1-5-19-12(3,4)8-15-11(17)13(10(14)16-18)6-9(2)7-13/h9,18H,5-8H2,1-4H3,(H2,14,16)(H,15,17). The maximum absolute atomic E-state index is 12.3. The van der Waals surface area contributed by atoms with Crippen molar-refractivity contribution >= 4 is 11.7 Å². The molecule has 1 fully saturated rings. The van der Waals surface area contributed by atoms with Gasteiger partial charge in [-0.05, 0) is 39.5 Å². The maximum atomic E-state index is 12.3. The van der Waals surface area contributed by atoms with E-state index in [0.717, 1.165) is 0 Å². The lowest BCUT2D eigenvalue weighted by molar-refractivity contribution is -0.134. The van der Waals surface area contributed by atoms with Crippen molar-refractivity contribution in [1.29, 1.82) is 0 Å². The van der Waals surface area contributed by atoms with Crippen LogP contribution < -0.4 is 11.1 Å². The van der Waals surface area contributed by atoms with Crippen molar-refractivity contribution in [2.24, 2.45) is 22.2 Å². The van der Waals surface area contributed by atoms with Crippen LogP contribution in [-0.4, -0.2) is 35.7 Å². The van der Waals surface area contributed by atoms with Gasteiger partial charge in [0.2, 0.25) is 5.91 Å². The van der Waals surface area contributed by atoms with E-state index < -0.39 is 11.0 Å². The predicted molar refractivity (Wildman–Crippen MR) is 73.0 cm³/mol. The molecule has 1 rings (SSSR count). The summed E-state index contributed by atoms with van der Waals surface area (Å²) in [6.07, 6.45) is 1.23. The average molecular weight is 271 g/mol. The number of rotatable bonds is 6. The van der Waals surface area contributed by atoms with Gasteiger partial charge in [0, 0.05) is 13.2 Å². The van der Waals surface area contributed by atoms with Gasteiger partial charge in [-0.2, -0.15) is 0 Å². The Hall–Kier alpha value is -1.30. The van der Waals surface area contributed by atoms with Crippen molar-refractivity contribution < 1.29 is 14.7 Å². The number of amides is 1. The van der Waals surface area contributed by atoms with Gasteiger partial charge in [-0.3, -0.25) is 4.79 Å². The molecule has 0 aromatic rings. The summed E-state index contributed by atoms with van der Waals surface area (Å²) in [6, 6.07) is 0. The second kappa shape index (κ2) is 5.77. The zero-order chi connectivity index (χ0) is 14.7. The number of oxime groups is 1. The zero-order valence-electron chi connectivity index (χ0n) is 12.2. The fraction of sp³-hybridized carbons (Fsp3) is 0.846. The first kappa shape index (κ1) is 15.8. The number of carbonyl (C=O) groups is 1. The highest BCUT2D eigenvalue weighted by molar-refractivity contribution is 6.07. The molecular weight excluding hydrogens is 246 g/mol. The zero-order valence-corrected chi connectivity index (χ0v) is 12.2. The number of amidine groups is 1. The molecule has 0 spiro atoms. The molecule has 0 aromatic carbocycles. The van der Waals surface area contributed by atoms with Crippen LogP contribution in [0.25, 0.3) is 0 Å². The van der Waals surface area contributed by atoms with Crippen molar-refractivity contribution in [3.05, 3.63) is 0 Å². The van der Waals surface area contributed by atoms with Crippen LogP contribution >= 0.6 is 0 Å². The van der Waals surface area contributed by atoms with Gasteiger partial charge in [-0.25, -0.2) is 0 Å². The monoisotopic (exact) mass is 271 g/mol. The number of ether oxygens (including phenoxy) is 1. The third kappa shape index (κ3) is 3.37. The molecule has 6 nitrogen and oxygen atoms in total. The van der Waals surface area contributed by atoms with E-state index in [1.54, 1.807) is 0 Å². The van der Waals surface area contributed by atoms with Crippen LogP contribution in [0.15, 0.2) is 5.16 Å². The minimum Gasteiger partial charge on any atom is -0.409 e. The van der Waals surface area contributed by atoms with E-state index >= 15 is 0 Å². The first-order valence-electron chi connectivity index (χ1n) is 6.67. The fourth-order valence-electron chi connectivity index (χ4n) is 2.64. The molecule has 0 heterocycles. The molecule has 19 heavy (non-hydrogen) atoms. The predicted octanol–water partition coefficient (Wildman–Crippen LogP) is 1.08. The number of nitrogens with two attached hydrogens (primary N) is 1. The van der Waals surface area contributed by atoms with Crippen LogP contribution in [0, 0.1) is 11.3 Å². The molecule has 0 atom stereocenters. The van der Waals surface area contributed by atoms with Gasteiger partial charge in [0.1, 0.15) is 5.41 Å². The lowest BCUT2D eigenvalue weighted by atomic mass is 9.61. The summed E-state index contributed by atoms with van der Waals surface area (Å²) in [4.78, 5) is 12.3. The molecule has 0 aromatic heterocycles.